The molecule has 1 amide bonds. The van der Waals surface area contributed by atoms with Gasteiger partial charge in [0, 0.05) is 19.2 Å². The van der Waals surface area contributed by atoms with Crippen molar-refractivity contribution in [1.29, 1.82) is 0 Å². The molecule has 0 aromatic rings. The van der Waals surface area contributed by atoms with Crippen LogP contribution in [0.1, 0.15) is 12.8 Å². The van der Waals surface area contributed by atoms with Gasteiger partial charge in [0.25, 0.3) is 5.91 Å². The number of nitrogens with zero attached hydrogens (tertiary/aromatic N) is 1. The van der Waals surface area contributed by atoms with E-state index in [9.17, 15) is 4.79 Å². The number of likely N-dealkylation sites (tertiary alicyclic amines) is 1. The first-order valence-electron chi connectivity index (χ1n) is 3.94. The molecule has 0 spiro atoms. The predicted molar refractivity (Wildman–Crippen MR) is 43.0 cm³/mol. The zero-order chi connectivity index (χ0) is 7.84. The van der Waals surface area contributed by atoms with E-state index in [1.165, 1.54) is 5.57 Å². The van der Waals surface area contributed by atoms with Crippen LogP contribution in [0.3, 0.4) is 0 Å². The Hall–Kier alpha value is -1.05. The van der Waals surface area contributed by atoms with Gasteiger partial charge in [-0.3, -0.25) is 4.79 Å². The van der Waals surface area contributed by atoms with E-state index in [1.54, 1.807) is 4.90 Å². The SMILES string of the molecule is CN1CC2=CCCC=C2C1=O. The lowest BCUT2D eigenvalue weighted by molar-refractivity contribution is -0.123. The number of likely N-dealkylation sites (N-methyl/N-ethyl adjacent to an activating group) is 1. The fourth-order valence-electron chi connectivity index (χ4n) is 1.63. The van der Waals surface area contributed by atoms with Crippen molar-refractivity contribution in [3.8, 4) is 0 Å². The molecule has 58 valence electrons. The Morgan fingerprint density at radius 3 is 2.82 bits per heavy atom. The summed E-state index contributed by atoms with van der Waals surface area (Å²) in [6, 6.07) is 0. The van der Waals surface area contributed by atoms with Gasteiger partial charge in [0.2, 0.25) is 0 Å². The number of carbonyl (C=O) groups is 1. The summed E-state index contributed by atoms with van der Waals surface area (Å²) in [5.41, 5.74) is 2.17. The fourth-order valence-corrected chi connectivity index (χ4v) is 1.63. The number of allylic oxidation sites excluding steroid dienone is 2. The van der Waals surface area contributed by atoms with Crippen molar-refractivity contribution in [3.63, 3.8) is 0 Å². The molecule has 1 fully saturated rings. The number of amides is 1. The summed E-state index contributed by atoms with van der Waals surface area (Å²) in [6.45, 7) is 0.810. The molecule has 0 radical (unpaired) electrons. The highest BCUT2D eigenvalue weighted by Crippen LogP contribution is 2.26. The summed E-state index contributed by atoms with van der Waals surface area (Å²) >= 11 is 0. The van der Waals surface area contributed by atoms with E-state index in [1.807, 2.05) is 7.05 Å². The number of hydrogen-bond donors (Lipinski definition) is 0. The van der Waals surface area contributed by atoms with E-state index in [2.05, 4.69) is 12.2 Å². The molecule has 0 aromatic carbocycles. The minimum atomic E-state index is 0.191. The number of fused-ring (bicyclic) bond motifs is 1. The molecule has 0 aromatic heterocycles. The molecular weight excluding hydrogens is 138 g/mol. The molecule has 2 nitrogen and oxygen atoms in total. The van der Waals surface area contributed by atoms with Gasteiger partial charge in [0.05, 0.1) is 0 Å². The van der Waals surface area contributed by atoms with Crippen LogP contribution < -0.4 is 0 Å². The molecule has 0 unspecified atom stereocenters. The quantitative estimate of drug-likeness (QED) is 0.505. The van der Waals surface area contributed by atoms with E-state index in [0.717, 1.165) is 25.0 Å². The molecule has 1 heterocycles. The van der Waals surface area contributed by atoms with E-state index >= 15 is 0 Å². The molecule has 0 saturated carbocycles. The van der Waals surface area contributed by atoms with Gasteiger partial charge in [-0.1, -0.05) is 12.2 Å². The van der Waals surface area contributed by atoms with Crippen LogP contribution in [-0.2, 0) is 4.79 Å². The lowest BCUT2D eigenvalue weighted by Gasteiger charge is -2.03. The number of carbonyl (C=O) groups excluding carboxylic acids is 1. The minimum Gasteiger partial charge on any atom is -0.337 e. The summed E-state index contributed by atoms with van der Waals surface area (Å²) in [7, 11) is 1.85. The van der Waals surface area contributed by atoms with Crippen LogP contribution in [0, 0.1) is 0 Å². The summed E-state index contributed by atoms with van der Waals surface area (Å²) in [6.07, 6.45) is 6.36. The van der Waals surface area contributed by atoms with Crippen molar-refractivity contribution in [3.05, 3.63) is 23.3 Å². The van der Waals surface area contributed by atoms with Crippen LogP contribution >= 0.6 is 0 Å². The normalized spacial score (nSPS) is 23.0. The van der Waals surface area contributed by atoms with Crippen LogP contribution in [0.25, 0.3) is 0 Å². The smallest absolute Gasteiger partial charge is 0.253 e. The Balaban J connectivity index is 2.39. The van der Waals surface area contributed by atoms with Crippen molar-refractivity contribution in [2.75, 3.05) is 13.6 Å². The van der Waals surface area contributed by atoms with Crippen LogP contribution in [-0.4, -0.2) is 24.4 Å². The Kier molecular flexibility index (Phi) is 1.34. The Morgan fingerprint density at radius 1 is 1.36 bits per heavy atom. The molecule has 1 aliphatic heterocycles. The van der Waals surface area contributed by atoms with E-state index in [0.29, 0.717) is 0 Å². The molecule has 1 saturated heterocycles. The Morgan fingerprint density at radius 2 is 2.09 bits per heavy atom. The number of hydrogen-bond acceptors (Lipinski definition) is 1. The molecular formula is C9H11NO. The first kappa shape index (κ1) is 6.65. The highest BCUT2D eigenvalue weighted by atomic mass is 16.2. The maximum Gasteiger partial charge on any atom is 0.253 e. The molecule has 2 heteroatoms. The standard InChI is InChI=1S/C9H11NO/c1-10-6-7-4-2-3-5-8(7)9(10)11/h4-5H,2-3,6H2,1H3. The third-order valence-electron chi connectivity index (χ3n) is 2.24. The van der Waals surface area contributed by atoms with Crippen molar-refractivity contribution >= 4 is 5.91 Å². The van der Waals surface area contributed by atoms with Gasteiger partial charge in [-0.2, -0.15) is 0 Å². The average Bonchev–Trinajstić information content (AvgIpc) is 2.30. The maximum absolute atomic E-state index is 11.4. The number of rotatable bonds is 0. The lowest BCUT2D eigenvalue weighted by atomic mass is 10.0. The first-order valence-corrected chi connectivity index (χ1v) is 3.94. The Bertz CT molecular complexity index is 263. The molecule has 11 heavy (non-hydrogen) atoms. The molecule has 1 aliphatic carbocycles. The second-order valence-electron chi connectivity index (χ2n) is 3.09. The fraction of sp³-hybridized carbons (Fsp3) is 0.444. The minimum absolute atomic E-state index is 0.191. The van der Waals surface area contributed by atoms with Gasteiger partial charge in [0.15, 0.2) is 0 Å². The van der Waals surface area contributed by atoms with E-state index in [-0.39, 0.29) is 5.91 Å². The third kappa shape index (κ3) is 0.897. The van der Waals surface area contributed by atoms with Crippen LogP contribution in [0.4, 0.5) is 0 Å². The summed E-state index contributed by atoms with van der Waals surface area (Å²) in [5.74, 6) is 0.191. The van der Waals surface area contributed by atoms with E-state index in [4.69, 9.17) is 0 Å². The zero-order valence-electron chi connectivity index (χ0n) is 6.63. The molecule has 2 rings (SSSR count). The second-order valence-corrected chi connectivity index (χ2v) is 3.09. The van der Waals surface area contributed by atoms with Crippen LogP contribution in [0.5, 0.6) is 0 Å². The maximum atomic E-state index is 11.4. The Labute approximate surface area is 66.2 Å². The largest absolute Gasteiger partial charge is 0.337 e. The topological polar surface area (TPSA) is 20.3 Å². The molecule has 0 bridgehead atoms. The van der Waals surface area contributed by atoms with Gasteiger partial charge in [-0.05, 0) is 18.4 Å². The highest BCUT2D eigenvalue weighted by Gasteiger charge is 2.27. The van der Waals surface area contributed by atoms with Crippen molar-refractivity contribution < 1.29 is 4.79 Å². The van der Waals surface area contributed by atoms with E-state index < -0.39 is 0 Å². The average molecular weight is 149 g/mol. The van der Waals surface area contributed by atoms with Gasteiger partial charge >= 0.3 is 0 Å². The summed E-state index contributed by atoms with van der Waals surface area (Å²) in [5, 5.41) is 0. The summed E-state index contributed by atoms with van der Waals surface area (Å²) < 4.78 is 0. The predicted octanol–water partition coefficient (Wildman–Crippen LogP) is 1.10. The van der Waals surface area contributed by atoms with Crippen molar-refractivity contribution in [1.82, 2.24) is 4.90 Å². The monoisotopic (exact) mass is 149 g/mol. The highest BCUT2D eigenvalue weighted by molar-refractivity contribution is 6.01. The van der Waals surface area contributed by atoms with Crippen molar-refractivity contribution in [2.24, 2.45) is 0 Å². The summed E-state index contributed by atoms with van der Waals surface area (Å²) in [4.78, 5) is 13.1. The van der Waals surface area contributed by atoms with Gasteiger partial charge in [-0.15, -0.1) is 0 Å². The second kappa shape index (κ2) is 2.22. The van der Waals surface area contributed by atoms with Gasteiger partial charge < -0.3 is 4.90 Å². The lowest BCUT2D eigenvalue weighted by Crippen LogP contribution is -2.18. The molecule has 0 N–H and O–H groups in total. The van der Waals surface area contributed by atoms with Crippen molar-refractivity contribution in [2.45, 2.75) is 12.8 Å². The van der Waals surface area contributed by atoms with Crippen LogP contribution in [0.2, 0.25) is 0 Å². The molecule has 0 atom stereocenters. The van der Waals surface area contributed by atoms with Gasteiger partial charge in [0.1, 0.15) is 0 Å². The third-order valence-corrected chi connectivity index (χ3v) is 2.24. The molecule has 2 aliphatic rings. The van der Waals surface area contributed by atoms with Crippen LogP contribution in [0.15, 0.2) is 23.3 Å². The zero-order valence-corrected chi connectivity index (χ0v) is 6.63. The first-order chi connectivity index (χ1) is 5.29. The van der Waals surface area contributed by atoms with Gasteiger partial charge in [-0.25, -0.2) is 0 Å².